The molecule has 1 heterocycles. The Kier molecular flexibility index (Phi) is 4.73. The van der Waals surface area contributed by atoms with Gasteiger partial charge in [0.2, 0.25) is 10.0 Å². The number of nitrogens with one attached hydrogen (secondary N) is 1. The first-order chi connectivity index (χ1) is 9.94. The Morgan fingerprint density at radius 1 is 1.14 bits per heavy atom. The molecule has 0 unspecified atom stereocenters. The van der Waals surface area contributed by atoms with Crippen molar-refractivity contribution in [2.24, 2.45) is 0 Å². The van der Waals surface area contributed by atoms with Crippen molar-refractivity contribution in [3.63, 3.8) is 0 Å². The topological polar surface area (TPSA) is 104 Å². The average molecular weight is 327 g/mol. The number of rotatable bonds is 6. The van der Waals surface area contributed by atoms with Gasteiger partial charge in [-0.05, 0) is 22.6 Å². The van der Waals surface area contributed by atoms with Gasteiger partial charge in [-0.1, -0.05) is 24.3 Å². The van der Waals surface area contributed by atoms with Crippen molar-refractivity contribution in [2.45, 2.75) is 18.0 Å². The third kappa shape index (κ3) is 3.67. The summed E-state index contributed by atoms with van der Waals surface area (Å²) >= 11 is 0.865. The quantitative estimate of drug-likeness (QED) is 0.744. The van der Waals surface area contributed by atoms with Crippen LogP contribution < -0.4 is 4.72 Å². The molecule has 6 nitrogen and oxygen atoms in total. The van der Waals surface area contributed by atoms with Gasteiger partial charge in [-0.15, -0.1) is 11.3 Å². The molecule has 0 aliphatic carbocycles. The van der Waals surface area contributed by atoms with E-state index in [2.05, 4.69) is 4.72 Å². The lowest BCUT2D eigenvalue weighted by Crippen LogP contribution is -2.24. The summed E-state index contributed by atoms with van der Waals surface area (Å²) in [6.45, 7) is -0.0359. The van der Waals surface area contributed by atoms with Crippen LogP contribution in [0.1, 0.15) is 20.8 Å². The van der Waals surface area contributed by atoms with Crippen LogP contribution in [0.5, 0.6) is 0 Å². The summed E-state index contributed by atoms with van der Waals surface area (Å²) in [5.74, 6) is -1.27. The normalized spacial score (nSPS) is 11.5. The number of sulfonamides is 1. The lowest BCUT2D eigenvalue weighted by atomic mass is 10.1. The molecule has 3 N–H and O–H groups in total. The van der Waals surface area contributed by atoms with Crippen LogP contribution in [0.25, 0.3) is 0 Å². The Morgan fingerprint density at radius 2 is 1.76 bits per heavy atom. The van der Waals surface area contributed by atoms with E-state index in [9.17, 15) is 13.2 Å². The molecule has 1 aromatic carbocycles. The predicted octanol–water partition coefficient (Wildman–Crippen LogP) is 1.42. The van der Waals surface area contributed by atoms with Crippen molar-refractivity contribution in [3.8, 4) is 0 Å². The van der Waals surface area contributed by atoms with Gasteiger partial charge in [0.25, 0.3) is 0 Å². The number of benzene rings is 1. The van der Waals surface area contributed by atoms with Crippen molar-refractivity contribution in [1.82, 2.24) is 4.72 Å². The lowest BCUT2D eigenvalue weighted by Gasteiger charge is -2.07. The number of carboxylic acid groups (broad SMARTS) is 1. The maximum atomic E-state index is 12.1. The molecule has 112 valence electrons. The summed E-state index contributed by atoms with van der Waals surface area (Å²) in [5, 5.41) is 19.3. The minimum absolute atomic E-state index is 0.0446. The highest BCUT2D eigenvalue weighted by atomic mass is 32.2. The number of thiophene rings is 1. The van der Waals surface area contributed by atoms with E-state index in [0.717, 1.165) is 16.9 Å². The summed E-state index contributed by atoms with van der Waals surface area (Å²) < 4.78 is 26.6. The van der Waals surface area contributed by atoms with Crippen molar-refractivity contribution < 1.29 is 23.4 Å². The van der Waals surface area contributed by atoms with Crippen LogP contribution in [-0.4, -0.2) is 24.6 Å². The smallest absolute Gasteiger partial charge is 0.347 e. The first-order valence-electron chi connectivity index (χ1n) is 5.93. The first-order valence-corrected chi connectivity index (χ1v) is 8.29. The first kappa shape index (κ1) is 15.6. The molecule has 2 rings (SSSR count). The zero-order valence-corrected chi connectivity index (χ0v) is 12.4. The summed E-state index contributed by atoms with van der Waals surface area (Å²) in [4.78, 5) is 10.5. The molecule has 8 heteroatoms. The fourth-order valence-corrected chi connectivity index (χ4v) is 3.96. The Balaban J connectivity index is 2.14. The lowest BCUT2D eigenvalue weighted by molar-refractivity contribution is 0.0698. The van der Waals surface area contributed by atoms with Crippen molar-refractivity contribution in [2.75, 3.05) is 0 Å². The van der Waals surface area contributed by atoms with Crippen LogP contribution in [0.2, 0.25) is 0 Å². The third-order valence-electron chi connectivity index (χ3n) is 2.78. The Morgan fingerprint density at radius 3 is 2.33 bits per heavy atom. The predicted molar refractivity (Wildman–Crippen MR) is 77.7 cm³/mol. The second-order valence-corrected chi connectivity index (χ2v) is 6.87. The van der Waals surface area contributed by atoms with Crippen LogP contribution in [0, 0.1) is 0 Å². The van der Waals surface area contributed by atoms with Gasteiger partial charge in [0, 0.05) is 6.54 Å². The minimum Gasteiger partial charge on any atom is -0.477 e. The highest BCUT2D eigenvalue weighted by Crippen LogP contribution is 2.22. The van der Waals surface area contributed by atoms with E-state index >= 15 is 0 Å². The van der Waals surface area contributed by atoms with Crippen LogP contribution in [0.4, 0.5) is 0 Å². The van der Waals surface area contributed by atoms with E-state index in [-0.39, 0.29) is 22.9 Å². The maximum Gasteiger partial charge on any atom is 0.347 e. The van der Waals surface area contributed by atoms with Gasteiger partial charge in [-0.25, -0.2) is 17.9 Å². The number of carbonyl (C=O) groups is 1. The van der Waals surface area contributed by atoms with E-state index in [1.807, 2.05) is 0 Å². The fourth-order valence-electron chi connectivity index (χ4n) is 1.68. The molecule has 0 aliphatic heterocycles. The van der Waals surface area contributed by atoms with Crippen molar-refractivity contribution in [1.29, 1.82) is 0 Å². The van der Waals surface area contributed by atoms with Gasteiger partial charge in [-0.2, -0.15) is 0 Å². The van der Waals surface area contributed by atoms with E-state index in [1.165, 1.54) is 11.4 Å². The number of aliphatic hydroxyl groups is 1. The van der Waals surface area contributed by atoms with Crippen LogP contribution in [-0.2, 0) is 23.2 Å². The standard InChI is InChI=1S/C13H13NO5S2/c15-8-10-3-1-9(2-4-10)7-14-21(18,19)11-5-6-20-12(11)13(16)17/h1-6,14-15H,7-8H2,(H,16,17). The van der Waals surface area contributed by atoms with E-state index < -0.39 is 16.0 Å². The molecule has 0 radical (unpaired) electrons. The largest absolute Gasteiger partial charge is 0.477 e. The molecule has 0 saturated carbocycles. The molecule has 0 atom stereocenters. The van der Waals surface area contributed by atoms with Gasteiger partial charge in [-0.3, -0.25) is 0 Å². The summed E-state index contributed by atoms with van der Waals surface area (Å²) in [6, 6.07) is 8.04. The van der Waals surface area contributed by atoms with Gasteiger partial charge < -0.3 is 10.2 Å². The number of hydrogen-bond donors (Lipinski definition) is 3. The minimum atomic E-state index is -3.88. The molecule has 2 aromatic rings. The molecular formula is C13H13NO5S2. The molecule has 0 saturated heterocycles. The Labute approximate surface area is 125 Å². The second-order valence-electron chi connectivity index (χ2n) is 4.22. The molecule has 0 bridgehead atoms. The molecule has 21 heavy (non-hydrogen) atoms. The summed E-state index contributed by atoms with van der Waals surface area (Å²) in [5.41, 5.74) is 1.44. The number of aromatic carboxylic acids is 1. The van der Waals surface area contributed by atoms with Crippen molar-refractivity contribution in [3.05, 3.63) is 51.7 Å². The molecule has 0 fully saturated rings. The molecule has 0 spiro atoms. The van der Waals surface area contributed by atoms with E-state index in [4.69, 9.17) is 10.2 Å². The van der Waals surface area contributed by atoms with Gasteiger partial charge in [0.15, 0.2) is 0 Å². The Bertz CT molecular complexity index is 734. The average Bonchev–Trinajstić information content (AvgIpc) is 2.96. The zero-order valence-electron chi connectivity index (χ0n) is 10.8. The highest BCUT2D eigenvalue weighted by molar-refractivity contribution is 7.89. The van der Waals surface area contributed by atoms with Crippen molar-refractivity contribution >= 4 is 27.3 Å². The molecule has 0 aliphatic rings. The SMILES string of the molecule is O=C(O)c1sccc1S(=O)(=O)NCc1ccc(CO)cc1. The van der Waals surface area contributed by atoms with Crippen LogP contribution in [0.3, 0.4) is 0 Å². The van der Waals surface area contributed by atoms with E-state index in [1.54, 1.807) is 24.3 Å². The maximum absolute atomic E-state index is 12.1. The van der Waals surface area contributed by atoms with Gasteiger partial charge in [0.05, 0.1) is 6.61 Å². The second kappa shape index (κ2) is 6.35. The summed E-state index contributed by atoms with van der Waals surface area (Å²) in [6.07, 6.45) is 0. The zero-order chi connectivity index (χ0) is 15.5. The van der Waals surface area contributed by atoms with E-state index in [0.29, 0.717) is 5.56 Å². The number of aliphatic hydroxyl groups excluding tert-OH is 1. The van der Waals surface area contributed by atoms with Crippen LogP contribution >= 0.6 is 11.3 Å². The number of carboxylic acids is 1. The van der Waals surface area contributed by atoms with Crippen LogP contribution in [0.15, 0.2) is 40.6 Å². The molecule has 0 amide bonds. The highest BCUT2D eigenvalue weighted by Gasteiger charge is 2.23. The summed E-state index contributed by atoms with van der Waals surface area (Å²) in [7, 11) is -3.88. The third-order valence-corrected chi connectivity index (χ3v) is 5.26. The fraction of sp³-hybridized carbons (Fsp3) is 0.154. The van der Waals surface area contributed by atoms with Gasteiger partial charge >= 0.3 is 5.97 Å². The van der Waals surface area contributed by atoms with Gasteiger partial charge in [0.1, 0.15) is 9.77 Å². The Hall–Kier alpha value is -1.74. The monoisotopic (exact) mass is 327 g/mol. The molecule has 1 aromatic heterocycles. The number of hydrogen-bond acceptors (Lipinski definition) is 5. The molecular weight excluding hydrogens is 314 g/mol.